The SMILES string of the molecule is CCOC(=O)c1cc2sc(CC)nc2[nH]1. The molecule has 0 fully saturated rings. The van der Waals surface area contributed by atoms with E-state index in [1.54, 1.807) is 24.3 Å². The van der Waals surface area contributed by atoms with E-state index < -0.39 is 0 Å². The van der Waals surface area contributed by atoms with Gasteiger partial charge in [-0.05, 0) is 19.4 Å². The largest absolute Gasteiger partial charge is 0.461 e. The maximum atomic E-state index is 11.4. The molecule has 0 aliphatic heterocycles. The van der Waals surface area contributed by atoms with Crippen LogP contribution in [0.5, 0.6) is 0 Å². The van der Waals surface area contributed by atoms with Gasteiger partial charge in [0.2, 0.25) is 0 Å². The molecular formula is C10H12N2O2S. The first-order valence-electron chi connectivity index (χ1n) is 4.90. The predicted molar refractivity (Wildman–Crippen MR) is 59.3 cm³/mol. The molecular weight excluding hydrogens is 212 g/mol. The summed E-state index contributed by atoms with van der Waals surface area (Å²) in [4.78, 5) is 18.7. The Bertz CT molecular complexity index is 455. The molecule has 0 aromatic carbocycles. The van der Waals surface area contributed by atoms with Gasteiger partial charge in [0.25, 0.3) is 0 Å². The molecule has 2 heterocycles. The fourth-order valence-electron chi connectivity index (χ4n) is 1.33. The number of hydrogen-bond acceptors (Lipinski definition) is 4. The van der Waals surface area contributed by atoms with Crippen molar-refractivity contribution in [2.45, 2.75) is 20.3 Å². The number of esters is 1. The molecule has 2 rings (SSSR count). The number of carbonyl (C=O) groups excluding carboxylic acids is 1. The maximum Gasteiger partial charge on any atom is 0.354 e. The van der Waals surface area contributed by atoms with Gasteiger partial charge in [0, 0.05) is 0 Å². The highest BCUT2D eigenvalue weighted by atomic mass is 32.1. The number of hydrogen-bond donors (Lipinski definition) is 1. The van der Waals surface area contributed by atoms with Crippen molar-refractivity contribution in [3.05, 3.63) is 16.8 Å². The number of aromatic amines is 1. The molecule has 0 radical (unpaired) electrons. The quantitative estimate of drug-likeness (QED) is 0.814. The van der Waals surface area contributed by atoms with Crippen LogP contribution in [0.15, 0.2) is 6.07 Å². The summed E-state index contributed by atoms with van der Waals surface area (Å²) in [6.07, 6.45) is 0.919. The average Bonchev–Trinajstić information content (AvgIpc) is 2.74. The fraction of sp³-hybridized carbons (Fsp3) is 0.400. The number of H-pyrrole nitrogens is 1. The highest BCUT2D eigenvalue weighted by Crippen LogP contribution is 2.23. The Morgan fingerprint density at radius 2 is 2.40 bits per heavy atom. The molecule has 0 atom stereocenters. The van der Waals surface area contributed by atoms with Gasteiger partial charge in [0.05, 0.1) is 16.3 Å². The van der Waals surface area contributed by atoms with Crippen LogP contribution in [0, 0.1) is 0 Å². The molecule has 0 unspecified atom stereocenters. The van der Waals surface area contributed by atoms with Crippen LogP contribution in [-0.2, 0) is 11.2 Å². The zero-order valence-electron chi connectivity index (χ0n) is 8.66. The predicted octanol–water partition coefficient (Wildman–Crippen LogP) is 2.36. The lowest BCUT2D eigenvalue weighted by Gasteiger charge is -1.96. The van der Waals surface area contributed by atoms with Gasteiger partial charge in [-0.1, -0.05) is 6.92 Å². The van der Waals surface area contributed by atoms with Gasteiger partial charge in [-0.2, -0.15) is 0 Å². The standard InChI is InChI=1S/C10H12N2O2S/c1-3-8-12-9-7(15-8)5-6(11-9)10(13)14-4-2/h5,11H,3-4H2,1-2H3. The van der Waals surface area contributed by atoms with Crippen molar-refractivity contribution in [1.82, 2.24) is 9.97 Å². The van der Waals surface area contributed by atoms with E-state index in [1.807, 2.05) is 0 Å². The van der Waals surface area contributed by atoms with E-state index >= 15 is 0 Å². The van der Waals surface area contributed by atoms with Crippen molar-refractivity contribution in [1.29, 1.82) is 0 Å². The van der Waals surface area contributed by atoms with Crippen molar-refractivity contribution in [3.8, 4) is 0 Å². The number of aromatic nitrogens is 2. The van der Waals surface area contributed by atoms with E-state index in [2.05, 4.69) is 16.9 Å². The summed E-state index contributed by atoms with van der Waals surface area (Å²) in [5.41, 5.74) is 1.26. The third kappa shape index (κ3) is 1.87. The molecule has 0 saturated carbocycles. The molecule has 2 aromatic heterocycles. The van der Waals surface area contributed by atoms with E-state index in [4.69, 9.17) is 4.74 Å². The molecule has 0 amide bonds. The molecule has 0 aliphatic carbocycles. The average molecular weight is 224 g/mol. The van der Waals surface area contributed by atoms with Crippen LogP contribution in [-0.4, -0.2) is 22.5 Å². The van der Waals surface area contributed by atoms with E-state index in [1.165, 1.54) is 0 Å². The summed E-state index contributed by atoms with van der Waals surface area (Å²) >= 11 is 1.60. The summed E-state index contributed by atoms with van der Waals surface area (Å²) in [6, 6.07) is 1.80. The van der Waals surface area contributed by atoms with Crippen LogP contribution in [0.3, 0.4) is 0 Å². The number of rotatable bonds is 3. The van der Waals surface area contributed by atoms with Gasteiger partial charge in [-0.15, -0.1) is 11.3 Å². The first-order chi connectivity index (χ1) is 7.24. The van der Waals surface area contributed by atoms with Crippen LogP contribution < -0.4 is 0 Å². The number of fused-ring (bicyclic) bond motifs is 1. The molecule has 0 spiro atoms. The lowest BCUT2D eigenvalue weighted by Crippen LogP contribution is -2.04. The van der Waals surface area contributed by atoms with Crippen molar-refractivity contribution in [2.75, 3.05) is 6.61 Å². The van der Waals surface area contributed by atoms with Crippen molar-refractivity contribution in [2.24, 2.45) is 0 Å². The number of carbonyl (C=O) groups is 1. The lowest BCUT2D eigenvalue weighted by molar-refractivity contribution is 0.0520. The Morgan fingerprint density at radius 1 is 1.60 bits per heavy atom. The van der Waals surface area contributed by atoms with Crippen molar-refractivity contribution < 1.29 is 9.53 Å². The molecule has 15 heavy (non-hydrogen) atoms. The highest BCUT2D eigenvalue weighted by molar-refractivity contribution is 7.18. The van der Waals surface area contributed by atoms with Crippen LogP contribution in [0.25, 0.3) is 10.3 Å². The van der Waals surface area contributed by atoms with Gasteiger partial charge in [-0.25, -0.2) is 9.78 Å². The zero-order valence-corrected chi connectivity index (χ0v) is 9.48. The second-order valence-corrected chi connectivity index (χ2v) is 4.19. The Kier molecular flexibility index (Phi) is 2.73. The van der Waals surface area contributed by atoms with E-state index in [0.717, 1.165) is 21.8 Å². The summed E-state index contributed by atoms with van der Waals surface area (Å²) in [6.45, 7) is 4.24. The molecule has 1 N–H and O–H groups in total. The van der Waals surface area contributed by atoms with Crippen LogP contribution in [0.1, 0.15) is 29.3 Å². The van der Waals surface area contributed by atoms with Gasteiger partial charge >= 0.3 is 5.97 Å². The molecule has 0 aliphatic rings. The van der Waals surface area contributed by atoms with Gasteiger partial charge in [0.15, 0.2) is 0 Å². The number of aryl methyl sites for hydroxylation is 1. The van der Waals surface area contributed by atoms with Crippen molar-refractivity contribution in [3.63, 3.8) is 0 Å². The Morgan fingerprint density at radius 3 is 3.00 bits per heavy atom. The van der Waals surface area contributed by atoms with Gasteiger partial charge < -0.3 is 9.72 Å². The first kappa shape index (κ1) is 10.2. The Balaban J connectivity index is 2.32. The monoisotopic (exact) mass is 224 g/mol. The molecule has 80 valence electrons. The minimum absolute atomic E-state index is 0.319. The molecule has 0 bridgehead atoms. The number of nitrogens with zero attached hydrogens (tertiary/aromatic N) is 1. The minimum Gasteiger partial charge on any atom is -0.461 e. The van der Waals surface area contributed by atoms with E-state index in [0.29, 0.717) is 12.3 Å². The number of thiazole rings is 1. The van der Waals surface area contributed by atoms with E-state index in [9.17, 15) is 4.79 Å². The summed E-state index contributed by atoms with van der Waals surface area (Å²) < 4.78 is 5.90. The molecule has 2 aromatic rings. The number of ether oxygens (including phenoxy) is 1. The second kappa shape index (κ2) is 4.02. The van der Waals surface area contributed by atoms with Gasteiger partial charge in [-0.3, -0.25) is 0 Å². The minimum atomic E-state index is -0.319. The first-order valence-corrected chi connectivity index (χ1v) is 5.71. The molecule has 5 heteroatoms. The van der Waals surface area contributed by atoms with E-state index in [-0.39, 0.29) is 5.97 Å². The lowest BCUT2D eigenvalue weighted by atomic mass is 10.4. The smallest absolute Gasteiger partial charge is 0.354 e. The summed E-state index contributed by atoms with van der Waals surface area (Å²) in [5.74, 6) is -0.319. The van der Waals surface area contributed by atoms with Crippen LogP contribution in [0.2, 0.25) is 0 Å². The van der Waals surface area contributed by atoms with Crippen LogP contribution >= 0.6 is 11.3 Å². The molecule has 4 nitrogen and oxygen atoms in total. The second-order valence-electron chi connectivity index (χ2n) is 3.08. The number of nitrogens with one attached hydrogen (secondary N) is 1. The summed E-state index contributed by atoms with van der Waals surface area (Å²) in [5, 5.41) is 1.08. The zero-order chi connectivity index (χ0) is 10.8. The van der Waals surface area contributed by atoms with Crippen LogP contribution in [0.4, 0.5) is 0 Å². The maximum absolute atomic E-state index is 11.4. The molecule has 0 saturated heterocycles. The topological polar surface area (TPSA) is 55.0 Å². The van der Waals surface area contributed by atoms with Gasteiger partial charge in [0.1, 0.15) is 11.3 Å². The Hall–Kier alpha value is -1.36. The Labute approximate surface area is 91.3 Å². The normalized spacial score (nSPS) is 10.8. The fourth-order valence-corrected chi connectivity index (χ4v) is 2.24. The van der Waals surface area contributed by atoms with Crippen molar-refractivity contribution >= 4 is 27.7 Å². The summed E-state index contributed by atoms with van der Waals surface area (Å²) in [7, 11) is 0. The third-order valence-corrected chi connectivity index (χ3v) is 3.17. The highest BCUT2D eigenvalue weighted by Gasteiger charge is 2.12. The third-order valence-electron chi connectivity index (χ3n) is 2.02.